The van der Waals surface area contributed by atoms with Crippen LogP contribution in [0.25, 0.3) is 0 Å². The SMILES string of the molecule is CCCCCCCCCC/C=C\CCCCCCCCCC(=O)NC(CO)C(O)/C=C/CC/C=C/CCCCCCCCCCCCCCCCC. The molecule has 0 spiro atoms. The molecule has 0 fully saturated rings. The summed E-state index contributed by atoms with van der Waals surface area (Å²) < 4.78 is 0. The van der Waals surface area contributed by atoms with E-state index >= 15 is 0 Å². The summed E-state index contributed by atoms with van der Waals surface area (Å²) in [4.78, 5) is 12.4. The molecule has 0 bridgehead atoms. The Bertz CT molecular complexity index is 790. The Balaban J connectivity index is 3.59. The number of aliphatic hydroxyl groups excluding tert-OH is 2. The predicted molar refractivity (Wildman–Crippen MR) is 230 cm³/mol. The zero-order valence-corrected chi connectivity index (χ0v) is 35.1. The Morgan fingerprint density at radius 1 is 0.442 bits per heavy atom. The van der Waals surface area contributed by atoms with E-state index in [1.54, 1.807) is 6.08 Å². The molecule has 0 aliphatic rings. The van der Waals surface area contributed by atoms with Crippen molar-refractivity contribution in [2.24, 2.45) is 0 Å². The summed E-state index contributed by atoms with van der Waals surface area (Å²) in [6.45, 7) is 4.31. The molecule has 0 aromatic rings. The molecule has 4 heteroatoms. The van der Waals surface area contributed by atoms with Crippen LogP contribution in [0, 0.1) is 0 Å². The third kappa shape index (κ3) is 39.8. The van der Waals surface area contributed by atoms with Crippen molar-refractivity contribution in [1.29, 1.82) is 0 Å². The predicted octanol–water partition coefficient (Wildman–Crippen LogP) is 14.6. The lowest BCUT2D eigenvalue weighted by Gasteiger charge is -2.19. The van der Waals surface area contributed by atoms with E-state index in [4.69, 9.17) is 0 Å². The fraction of sp³-hybridized carbons (Fsp3) is 0.854. The Morgan fingerprint density at radius 2 is 0.750 bits per heavy atom. The third-order valence-electron chi connectivity index (χ3n) is 10.6. The number of allylic oxidation sites excluding steroid dienone is 5. The van der Waals surface area contributed by atoms with Crippen LogP contribution >= 0.6 is 0 Å². The smallest absolute Gasteiger partial charge is 0.220 e. The normalized spacial score (nSPS) is 13.2. The lowest BCUT2D eigenvalue weighted by molar-refractivity contribution is -0.123. The number of aliphatic hydroxyl groups is 2. The number of hydrogen-bond acceptors (Lipinski definition) is 3. The van der Waals surface area contributed by atoms with E-state index in [9.17, 15) is 15.0 Å². The molecule has 0 heterocycles. The highest BCUT2D eigenvalue weighted by atomic mass is 16.3. The molecule has 0 saturated carbocycles. The first kappa shape index (κ1) is 50.6. The molecular formula is C48H91NO3. The summed E-state index contributed by atoms with van der Waals surface area (Å²) in [6.07, 6.45) is 58.3. The third-order valence-corrected chi connectivity index (χ3v) is 10.6. The van der Waals surface area contributed by atoms with Gasteiger partial charge in [0.2, 0.25) is 5.91 Å². The van der Waals surface area contributed by atoms with Crippen LogP contribution in [0.15, 0.2) is 36.5 Å². The molecule has 0 rings (SSSR count). The summed E-state index contributed by atoms with van der Waals surface area (Å²) in [6, 6.07) is -0.640. The van der Waals surface area contributed by atoms with Crippen LogP contribution in [0.3, 0.4) is 0 Å². The molecule has 0 saturated heterocycles. The zero-order chi connectivity index (χ0) is 37.8. The van der Waals surface area contributed by atoms with Gasteiger partial charge in [-0.05, 0) is 57.8 Å². The van der Waals surface area contributed by atoms with Gasteiger partial charge in [-0.2, -0.15) is 0 Å². The topological polar surface area (TPSA) is 69.6 Å². The van der Waals surface area contributed by atoms with Crippen molar-refractivity contribution in [3.8, 4) is 0 Å². The highest BCUT2D eigenvalue weighted by Crippen LogP contribution is 2.15. The Labute approximate surface area is 325 Å². The van der Waals surface area contributed by atoms with E-state index < -0.39 is 12.1 Å². The van der Waals surface area contributed by atoms with E-state index in [2.05, 4.69) is 43.5 Å². The van der Waals surface area contributed by atoms with E-state index in [1.165, 1.54) is 193 Å². The number of hydrogen-bond donors (Lipinski definition) is 3. The van der Waals surface area contributed by atoms with Gasteiger partial charge in [0, 0.05) is 6.42 Å². The molecule has 0 aromatic heterocycles. The molecule has 0 aromatic carbocycles. The molecule has 4 nitrogen and oxygen atoms in total. The maximum atomic E-state index is 12.4. The highest BCUT2D eigenvalue weighted by molar-refractivity contribution is 5.76. The molecular weight excluding hydrogens is 639 g/mol. The van der Waals surface area contributed by atoms with E-state index in [0.29, 0.717) is 6.42 Å². The van der Waals surface area contributed by atoms with Gasteiger partial charge < -0.3 is 15.5 Å². The second kappa shape index (κ2) is 44.0. The van der Waals surface area contributed by atoms with Crippen LogP contribution in [0.1, 0.15) is 245 Å². The Hall–Kier alpha value is -1.39. The van der Waals surface area contributed by atoms with E-state index in [1.807, 2.05) is 6.08 Å². The highest BCUT2D eigenvalue weighted by Gasteiger charge is 2.17. The molecule has 3 N–H and O–H groups in total. The molecule has 2 atom stereocenters. The van der Waals surface area contributed by atoms with Crippen LogP contribution in [-0.2, 0) is 4.79 Å². The van der Waals surface area contributed by atoms with Gasteiger partial charge in [0.05, 0.1) is 18.8 Å². The van der Waals surface area contributed by atoms with Crippen molar-refractivity contribution in [2.45, 2.75) is 257 Å². The largest absolute Gasteiger partial charge is 0.394 e. The van der Waals surface area contributed by atoms with Crippen molar-refractivity contribution in [2.75, 3.05) is 6.61 Å². The van der Waals surface area contributed by atoms with Crippen molar-refractivity contribution in [3.05, 3.63) is 36.5 Å². The van der Waals surface area contributed by atoms with Gasteiger partial charge in [-0.3, -0.25) is 4.79 Å². The van der Waals surface area contributed by atoms with Gasteiger partial charge in [0.25, 0.3) is 0 Å². The van der Waals surface area contributed by atoms with Crippen LogP contribution in [0.2, 0.25) is 0 Å². The first-order chi connectivity index (χ1) is 25.7. The number of carbonyl (C=O) groups excluding carboxylic acids is 1. The summed E-state index contributed by atoms with van der Waals surface area (Å²) in [5.41, 5.74) is 0. The fourth-order valence-corrected chi connectivity index (χ4v) is 7.01. The second-order valence-corrected chi connectivity index (χ2v) is 15.8. The minimum atomic E-state index is -0.863. The molecule has 2 unspecified atom stereocenters. The van der Waals surface area contributed by atoms with Crippen LogP contribution in [0.5, 0.6) is 0 Å². The van der Waals surface area contributed by atoms with Crippen molar-refractivity contribution in [3.63, 3.8) is 0 Å². The van der Waals surface area contributed by atoms with Crippen LogP contribution < -0.4 is 5.32 Å². The van der Waals surface area contributed by atoms with Crippen molar-refractivity contribution >= 4 is 5.91 Å². The van der Waals surface area contributed by atoms with Gasteiger partial charge in [-0.15, -0.1) is 0 Å². The maximum absolute atomic E-state index is 12.4. The quantitative estimate of drug-likeness (QED) is 0.0433. The van der Waals surface area contributed by atoms with Gasteiger partial charge in [0.15, 0.2) is 0 Å². The number of unbranched alkanes of at least 4 members (excludes halogenated alkanes) is 31. The zero-order valence-electron chi connectivity index (χ0n) is 35.1. The Morgan fingerprint density at radius 3 is 1.12 bits per heavy atom. The summed E-state index contributed by atoms with van der Waals surface area (Å²) in [5, 5.41) is 23.0. The lowest BCUT2D eigenvalue weighted by Crippen LogP contribution is -2.45. The van der Waals surface area contributed by atoms with Gasteiger partial charge in [-0.25, -0.2) is 0 Å². The van der Waals surface area contributed by atoms with Crippen LogP contribution in [0.4, 0.5) is 0 Å². The van der Waals surface area contributed by atoms with Gasteiger partial charge in [0.1, 0.15) is 0 Å². The summed E-state index contributed by atoms with van der Waals surface area (Å²) in [7, 11) is 0. The monoisotopic (exact) mass is 730 g/mol. The molecule has 0 aliphatic heterocycles. The first-order valence-electron chi connectivity index (χ1n) is 23.2. The second-order valence-electron chi connectivity index (χ2n) is 15.8. The average molecular weight is 730 g/mol. The molecule has 0 aliphatic carbocycles. The maximum Gasteiger partial charge on any atom is 0.220 e. The molecule has 306 valence electrons. The number of amides is 1. The minimum Gasteiger partial charge on any atom is -0.394 e. The first-order valence-corrected chi connectivity index (χ1v) is 23.2. The minimum absolute atomic E-state index is 0.0769. The van der Waals surface area contributed by atoms with E-state index in [0.717, 1.165) is 32.1 Å². The summed E-state index contributed by atoms with van der Waals surface area (Å²) in [5.74, 6) is -0.0769. The summed E-state index contributed by atoms with van der Waals surface area (Å²) >= 11 is 0. The fourth-order valence-electron chi connectivity index (χ4n) is 7.01. The van der Waals surface area contributed by atoms with Crippen LogP contribution in [-0.4, -0.2) is 34.9 Å². The number of carbonyl (C=O) groups is 1. The average Bonchev–Trinajstić information content (AvgIpc) is 3.15. The molecule has 52 heavy (non-hydrogen) atoms. The molecule has 0 radical (unpaired) electrons. The molecule has 1 amide bonds. The van der Waals surface area contributed by atoms with Crippen molar-refractivity contribution in [1.82, 2.24) is 5.32 Å². The number of rotatable bonds is 42. The standard InChI is InChI=1S/C48H91NO3/c1-3-5-7-9-11-13-15-17-19-21-23-24-26-27-29-31-33-35-37-39-41-43-47(51)46(45-50)49-48(52)44-42-40-38-36-34-32-30-28-25-22-20-18-16-14-12-10-8-6-4-2/h22,25,33,35,41,43,46-47,50-51H,3-21,23-24,26-32,34,36-40,42,44-45H2,1-2H3,(H,49,52)/b25-22-,35-33+,43-41+. The van der Waals surface area contributed by atoms with Gasteiger partial charge >= 0.3 is 0 Å². The number of nitrogens with one attached hydrogen (secondary N) is 1. The Kier molecular flexibility index (Phi) is 42.8. The lowest BCUT2D eigenvalue weighted by atomic mass is 10.0. The van der Waals surface area contributed by atoms with Crippen molar-refractivity contribution < 1.29 is 15.0 Å². The van der Waals surface area contributed by atoms with Gasteiger partial charge in [-0.1, -0.05) is 217 Å². The van der Waals surface area contributed by atoms with E-state index in [-0.39, 0.29) is 12.5 Å².